The minimum absolute atomic E-state index is 0.178. The highest BCUT2D eigenvalue weighted by Crippen LogP contribution is 2.39. The van der Waals surface area contributed by atoms with Crippen molar-refractivity contribution in [3.63, 3.8) is 0 Å². The summed E-state index contributed by atoms with van der Waals surface area (Å²) in [4.78, 5) is 18.2. The van der Waals surface area contributed by atoms with Gasteiger partial charge in [-0.25, -0.2) is 4.98 Å². The maximum Gasteiger partial charge on any atom is 0.116 e. The number of aryl methyl sites for hydroxylation is 2. The molecule has 2 aliphatic rings. The molecule has 0 radical (unpaired) electrons. The van der Waals surface area contributed by atoms with E-state index in [0.717, 1.165) is 102 Å². The number of aromatic nitrogens is 4. The molecular weight excluding hydrogens is 617 g/mol. The predicted molar refractivity (Wildman–Crippen MR) is 202 cm³/mol. The summed E-state index contributed by atoms with van der Waals surface area (Å²) < 4.78 is 0. The van der Waals surface area contributed by atoms with Crippen molar-refractivity contribution in [3.05, 3.63) is 156 Å². The van der Waals surface area contributed by atoms with Crippen LogP contribution in [0.3, 0.4) is 0 Å². The van der Waals surface area contributed by atoms with Crippen LogP contribution in [-0.2, 0) is 12.8 Å². The zero-order valence-electron chi connectivity index (χ0n) is 27.1. The molecular formula is C44H32N4O2. The summed E-state index contributed by atoms with van der Waals surface area (Å²) in [5, 5.41) is 21.1. The van der Waals surface area contributed by atoms with Gasteiger partial charge in [0.2, 0.25) is 0 Å². The highest BCUT2D eigenvalue weighted by Gasteiger charge is 2.21. The summed E-state index contributed by atoms with van der Waals surface area (Å²) in [6, 6.07) is 43.8. The fourth-order valence-corrected chi connectivity index (χ4v) is 7.26. The number of phenols is 2. The van der Waals surface area contributed by atoms with E-state index in [4.69, 9.17) is 9.97 Å². The van der Waals surface area contributed by atoms with Gasteiger partial charge in [-0.1, -0.05) is 84.9 Å². The first-order chi connectivity index (χ1) is 24.6. The fourth-order valence-electron chi connectivity index (χ4n) is 7.26. The number of phenolic OH excluding ortho intramolecular Hbond substituents is 2. The lowest BCUT2D eigenvalue weighted by molar-refractivity contribution is 0.475. The highest BCUT2D eigenvalue weighted by molar-refractivity contribution is 5.97. The van der Waals surface area contributed by atoms with Gasteiger partial charge >= 0.3 is 0 Å². The van der Waals surface area contributed by atoms with E-state index in [1.54, 1.807) is 24.3 Å². The molecule has 6 nitrogen and oxygen atoms in total. The standard InChI is InChI=1S/C44H32N4O2/c49-31-15-7-13-29(25-31)43-37-21-19-35(46-37)41(27-9-3-1-4-10-27)33-17-18-34(45-33)42(28-11-5-2-6-12-28)36-20-22-38(47-36)44(40-24-23-39(43)48-40)30-14-8-16-32(50)26-30/h1-16,19-26,46-47,49-50H,17-18H2. The molecule has 240 valence electrons. The Kier molecular flexibility index (Phi) is 7.13. The molecule has 2 aliphatic heterocycles. The van der Waals surface area contributed by atoms with Gasteiger partial charge in [0.25, 0.3) is 0 Å². The Labute approximate surface area is 288 Å². The summed E-state index contributed by atoms with van der Waals surface area (Å²) in [6.07, 6.45) is 5.61. The van der Waals surface area contributed by atoms with Crippen molar-refractivity contribution in [1.82, 2.24) is 19.9 Å². The first kappa shape index (κ1) is 29.5. The molecule has 0 aliphatic carbocycles. The molecule has 4 aromatic carbocycles. The SMILES string of the molecule is Oc1cccc(-c2c3nc(c(-c4cccc(O)c4)c4ccc([nH]4)c(-c4ccccc4)c4nc(c(-c5ccccc5)c5ccc2[nH]5)CC4)C=C3)c1. The van der Waals surface area contributed by atoms with Crippen LogP contribution in [0.2, 0.25) is 0 Å². The van der Waals surface area contributed by atoms with Crippen molar-refractivity contribution in [3.8, 4) is 56.0 Å². The smallest absolute Gasteiger partial charge is 0.116 e. The summed E-state index contributed by atoms with van der Waals surface area (Å²) in [5.41, 5.74) is 14.9. The Hall–Kier alpha value is -6.66. The van der Waals surface area contributed by atoms with Gasteiger partial charge in [0.15, 0.2) is 0 Å². The first-order valence-corrected chi connectivity index (χ1v) is 16.7. The number of H-pyrrole nitrogens is 2. The second-order valence-corrected chi connectivity index (χ2v) is 12.6. The third-order valence-electron chi connectivity index (χ3n) is 9.44. The molecule has 0 saturated heterocycles. The number of hydrogen-bond donors (Lipinski definition) is 4. The molecule has 0 atom stereocenters. The van der Waals surface area contributed by atoms with Gasteiger partial charge in [-0.15, -0.1) is 0 Å². The number of rotatable bonds is 4. The van der Waals surface area contributed by atoms with E-state index in [-0.39, 0.29) is 11.5 Å². The summed E-state index contributed by atoms with van der Waals surface area (Å²) in [6.45, 7) is 0. The van der Waals surface area contributed by atoms with E-state index in [0.29, 0.717) is 0 Å². The van der Waals surface area contributed by atoms with Gasteiger partial charge in [-0.2, -0.15) is 0 Å². The quantitative estimate of drug-likeness (QED) is 0.153. The summed E-state index contributed by atoms with van der Waals surface area (Å²) >= 11 is 0. The Bertz CT molecular complexity index is 2440. The second kappa shape index (κ2) is 12.1. The average molecular weight is 649 g/mol. The molecule has 0 unspecified atom stereocenters. The molecule has 4 N–H and O–H groups in total. The maximum absolute atomic E-state index is 10.6. The van der Waals surface area contributed by atoms with Crippen molar-refractivity contribution >= 4 is 34.2 Å². The van der Waals surface area contributed by atoms with E-state index < -0.39 is 0 Å². The minimum atomic E-state index is 0.178. The number of benzene rings is 4. The van der Waals surface area contributed by atoms with Crippen LogP contribution in [0, 0.1) is 0 Å². The molecule has 7 aromatic rings. The Morgan fingerprint density at radius 2 is 0.800 bits per heavy atom. The number of aromatic amines is 2. The molecule has 0 spiro atoms. The maximum atomic E-state index is 10.6. The van der Waals surface area contributed by atoms with Crippen molar-refractivity contribution in [1.29, 1.82) is 0 Å². The highest BCUT2D eigenvalue weighted by atomic mass is 16.3. The number of aromatic hydroxyl groups is 2. The topological polar surface area (TPSA) is 97.8 Å². The molecule has 0 fully saturated rings. The predicted octanol–water partition coefficient (Wildman–Crippen LogP) is 10.3. The van der Waals surface area contributed by atoms with E-state index in [1.165, 1.54) is 0 Å². The normalized spacial score (nSPS) is 12.3. The number of hydrogen-bond acceptors (Lipinski definition) is 4. The zero-order chi connectivity index (χ0) is 33.6. The van der Waals surface area contributed by atoms with Crippen LogP contribution < -0.4 is 0 Å². The van der Waals surface area contributed by atoms with Crippen molar-refractivity contribution in [2.24, 2.45) is 0 Å². The molecule has 5 heterocycles. The molecule has 6 heteroatoms. The number of nitrogens with one attached hydrogen (secondary N) is 2. The van der Waals surface area contributed by atoms with Gasteiger partial charge < -0.3 is 20.2 Å². The van der Waals surface area contributed by atoms with Crippen LogP contribution in [0.25, 0.3) is 78.7 Å². The van der Waals surface area contributed by atoms with Crippen LogP contribution in [-0.4, -0.2) is 30.1 Å². The van der Waals surface area contributed by atoms with Crippen molar-refractivity contribution < 1.29 is 10.2 Å². The Balaban J connectivity index is 1.48. The monoisotopic (exact) mass is 648 g/mol. The van der Waals surface area contributed by atoms with Crippen molar-refractivity contribution in [2.75, 3.05) is 0 Å². The molecule has 3 aromatic heterocycles. The van der Waals surface area contributed by atoms with E-state index in [9.17, 15) is 10.2 Å². The number of fused-ring (bicyclic) bond motifs is 8. The second-order valence-electron chi connectivity index (χ2n) is 12.6. The first-order valence-electron chi connectivity index (χ1n) is 16.7. The molecule has 0 amide bonds. The molecule has 0 saturated carbocycles. The van der Waals surface area contributed by atoms with Gasteiger partial charge in [0.1, 0.15) is 11.5 Å². The van der Waals surface area contributed by atoms with Crippen LogP contribution in [0.1, 0.15) is 22.8 Å². The van der Waals surface area contributed by atoms with Gasteiger partial charge in [-0.05, 0) is 95.8 Å². The lowest BCUT2D eigenvalue weighted by Crippen LogP contribution is -1.89. The van der Waals surface area contributed by atoms with E-state index in [2.05, 4.69) is 82.8 Å². The van der Waals surface area contributed by atoms with E-state index in [1.807, 2.05) is 48.6 Å². The van der Waals surface area contributed by atoms with Gasteiger partial charge in [0, 0.05) is 44.3 Å². The average Bonchev–Trinajstić information content (AvgIpc) is 3.97. The Morgan fingerprint density at radius 3 is 1.22 bits per heavy atom. The summed E-state index contributed by atoms with van der Waals surface area (Å²) in [5.74, 6) is 0.356. The lowest BCUT2D eigenvalue weighted by Gasteiger charge is -2.07. The third-order valence-corrected chi connectivity index (χ3v) is 9.44. The van der Waals surface area contributed by atoms with Gasteiger partial charge in [-0.3, -0.25) is 4.98 Å². The van der Waals surface area contributed by atoms with Crippen LogP contribution in [0.15, 0.2) is 133 Å². The van der Waals surface area contributed by atoms with Crippen LogP contribution >= 0.6 is 0 Å². The summed E-state index contributed by atoms with van der Waals surface area (Å²) in [7, 11) is 0. The fraction of sp³-hybridized carbons (Fsp3) is 0.0455. The van der Waals surface area contributed by atoms with Crippen LogP contribution in [0.5, 0.6) is 11.5 Å². The number of nitrogens with zero attached hydrogens (tertiary/aromatic N) is 2. The minimum Gasteiger partial charge on any atom is -0.508 e. The lowest BCUT2D eigenvalue weighted by atomic mass is 10.0. The third kappa shape index (κ3) is 5.24. The molecule has 50 heavy (non-hydrogen) atoms. The Morgan fingerprint density at radius 1 is 0.400 bits per heavy atom. The largest absolute Gasteiger partial charge is 0.508 e. The van der Waals surface area contributed by atoms with Crippen LogP contribution in [0.4, 0.5) is 0 Å². The zero-order valence-corrected chi connectivity index (χ0v) is 27.1. The van der Waals surface area contributed by atoms with Gasteiger partial charge in [0.05, 0.1) is 22.8 Å². The van der Waals surface area contributed by atoms with E-state index >= 15 is 0 Å². The molecule has 8 bridgehead atoms. The molecule has 9 rings (SSSR count). The van der Waals surface area contributed by atoms with Crippen molar-refractivity contribution in [2.45, 2.75) is 12.8 Å².